The van der Waals surface area contributed by atoms with E-state index in [4.69, 9.17) is 24.1 Å². The van der Waals surface area contributed by atoms with Crippen LogP contribution in [-0.2, 0) is 9.47 Å². The van der Waals surface area contributed by atoms with E-state index in [0.29, 0.717) is 37.4 Å². The molecule has 0 saturated carbocycles. The summed E-state index contributed by atoms with van der Waals surface area (Å²) in [6, 6.07) is 48.8. The minimum Gasteiger partial charge on any atom is -0.508 e. The fourth-order valence-corrected chi connectivity index (χ4v) is 4.24. The molecule has 0 fully saturated rings. The molecule has 1 atom stereocenters. The van der Waals surface area contributed by atoms with Crippen LogP contribution in [0, 0.1) is 0 Å². The SMILES string of the molecule is C/C=C/C.C/C=C/C.C=CCOCC(O)COC(COc1ccccc1)COc1ccccc1.CC(C)c1ccccc1.CC(C)c1ccccc1.Oc1ccccc1. The third-order valence-corrected chi connectivity index (χ3v) is 7.78. The Morgan fingerprint density at radius 3 is 1.10 bits per heavy atom. The summed E-state index contributed by atoms with van der Waals surface area (Å²) < 4.78 is 22.5. The van der Waals surface area contributed by atoms with E-state index in [1.54, 1.807) is 30.3 Å². The van der Waals surface area contributed by atoms with E-state index in [1.165, 1.54) is 11.1 Å². The van der Waals surface area contributed by atoms with E-state index in [2.05, 4.69) is 82.8 Å². The van der Waals surface area contributed by atoms with Gasteiger partial charge in [-0.25, -0.2) is 0 Å². The van der Waals surface area contributed by atoms with E-state index in [1.807, 2.05) is 131 Å². The van der Waals surface area contributed by atoms with Crippen molar-refractivity contribution in [3.8, 4) is 17.2 Å². The Balaban J connectivity index is 0.000000825. The molecule has 0 aromatic heterocycles. The number of aromatic hydroxyl groups is 1. The summed E-state index contributed by atoms with van der Waals surface area (Å²) in [7, 11) is 0. The lowest BCUT2D eigenvalue weighted by Crippen LogP contribution is -2.33. The van der Waals surface area contributed by atoms with Crippen molar-refractivity contribution in [2.75, 3.05) is 33.0 Å². The number of hydrogen-bond donors (Lipinski definition) is 2. The minimum absolute atomic E-state index is 0.137. The maximum Gasteiger partial charge on any atom is 0.125 e. The molecule has 5 aromatic rings. The molecule has 0 aliphatic carbocycles. The molecule has 0 spiro atoms. The maximum absolute atomic E-state index is 9.93. The summed E-state index contributed by atoms with van der Waals surface area (Å²) in [4.78, 5) is 0. The van der Waals surface area contributed by atoms with E-state index >= 15 is 0 Å². The van der Waals surface area contributed by atoms with E-state index in [-0.39, 0.29) is 19.3 Å². The van der Waals surface area contributed by atoms with E-state index in [0.717, 1.165) is 11.5 Å². The van der Waals surface area contributed by atoms with Crippen molar-refractivity contribution in [1.29, 1.82) is 0 Å². The van der Waals surface area contributed by atoms with Crippen LogP contribution in [0.1, 0.15) is 78.4 Å². The largest absolute Gasteiger partial charge is 0.508 e. The van der Waals surface area contributed by atoms with Crippen molar-refractivity contribution >= 4 is 0 Å². The first-order chi connectivity index (χ1) is 28.6. The highest BCUT2D eigenvalue weighted by atomic mass is 16.6. The number of rotatable bonds is 15. The molecule has 0 radical (unpaired) electrons. The zero-order valence-electron chi connectivity index (χ0n) is 36.9. The summed E-state index contributed by atoms with van der Waals surface area (Å²) >= 11 is 0. The van der Waals surface area contributed by atoms with Crippen LogP contribution in [0.25, 0.3) is 0 Å². The van der Waals surface area contributed by atoms with Gasteiger partial charge in [-0.05, 0) is 87.1 Å². The lowest BCUT2D eigenvalue weighted by atomic mass is 10.0. The monoisotopic (exact) mass is 805 g/mol. The molecule has 6 nitrogen and oxygen atoms in total. The zero-order chi connectivity index (χ0) is 43.8. The number of aliphatic hydroxyl groups is 1. The van der Waals surface area contributed by atoms with E-state index < -0.39 is 6.10 Å². The highest BCUT2D eigenvalue weighted by Gasteiger charge is 2.15. The third-order valence-electron chi connectivity index (χ3n) is 7.78. The lowest BCUT2D eigenvalue weighted by Gasteiger charge is -2.21. The molecule has 0 heterocycles. The summed E-state index contributed by atoms with van der Waals surface area (Å²) in [5, 5.41) is 18.6. The number of para-hydroxylation sites is 3. The van der Waals surface area contributed by atoms with Crippen molar-refractivity contribution in [1.82, 2.24) is 0 Å². The van der Waals surface area contributed by atoms with Crippen LogP contribution in [0.2, 0.25) is 0 Å². The fraction of sp³-hybridized carbons (Fsp3) is 0.321. The van der Waals surface area contributed by atoms with Crippen LogP contribution in [0.15, 0.2) is 189 Å². The van der Waals surface area contributed by atoms with Crippen LogP contribution in [-0.4, -0.2) is 55.5 Å². The molecule has 5 rings (SSSR count). The van der Waals surface area contributed by atoms with Gasteiger partial charge in [0.25, 0.3) is 0 Å². The van der Waals surface area contributed by atoms with E-state index in [9.17, 15) is 5.11 Å². The first-order valence-electron chi connectivity index (χ1n) is 20.4. The van der Waals surface area contributed by atoms with Gasteiger partial charge in [0.2, 0.25) is 0 Å². The smallest absolute Gasteiger partial charge is 0.125 e. The molecule has 0 amide bonds. The van der Waals surface area contributed by atoms with Gasteiger partial charge in [-0.3, -0.25) is 0 Å². The highest BCUT2D eigenvalue weighted by molar-refractivity contribution is 5.22. The Bertz CT molecular complexity index is 1550. The third kappa shape index (κ3) is 32.3. The van der Waals surface area contributed by atoms with Crippen molar-refractivity contribution in [3.63, 3.8) is 0 Å². The van der Waals surface area contributed by atoms with Crippen molar-refractivity contribution in [2.45, 2.75) is 79.4 Å². The second-order valence-corrected chi connectivity index (χ2v) is 13.5. The number of hydrogen-bond acceptors (Lipinski definition) is 6. The van der Waals surface area contributed by atoms with Gasteiger partial charge in [-0.2, -0.15) is 0 Å². The molecule has 0 bridgehead atoms. The summed E-state index contributed by atoms with van der Waals surface area (Å²) in [5.74, 6) is 3.16. The normalized spacial score (nSPS) is 10.6. The number of benzene rings is 5. The molecule has 320 valence electrons. The number of phenolic OH excluding ortho intramolecular Hbond substituents is 1. The Kier molecular flexibility index (Phi) is 34.6. The number of phenols is 1. The molecular weight excluding hydrogens is 733 g/mol. The highest BCUT2D eigenvalue weighted by Crippen LogP contribution is 2.14. The van der Waals surface area contributed by atoms with Crippen molar-refractivity contribution in [3.05, 3.63) is 200 Å². The molecule has 2 N–H and O–H groups in total. The predicted octanol–water partition coefficient (Wildman–Crippen LogP) is 13.3. The number of allylic oxidation sites excluding steroid dienone is 4. The topological polar surface area (TPSA) is 77.4 Å². The van der Waals surface area contributed by atoms with Gasteiger partial charge in [0.15, 0.2) is 0 Å². The summed E-state index contributed by atoms with van der Waals surface area (Å²) in [5.41, 5.74) is 2.83. The molecule has 0 saturated heterocycles. The first kappa shape index (κ1) is 53.6. The molecule has 1 unspecified atom stereocenters. The van der Waals surface area contributed by atoms with Gasteiger partial charge in [-0.15, -0.1) is 6.58 Å². The van der Waals surface area contributed by atoms with Crippen molar-refractivity contribution in [2.24, 2.45) is 0 Å². The molecule has 6 heteroatoms. The Morgan fingerprint density at radius 1 is 0.492 bits per heavy atom. The summed E-state index contributed by atoms with van der Waals surface area (Å²) in [6.45, 7) is 21.7. The number of ether oxygens (including phenoxy) is 4. The first-order valence-corrected chi connectivity index (χ1v) is 20.4. The van der Waals surface area contributed by atoms with Crippen LogP contribution in [0.3, 0.4) is 0 Å². The van der Waals surface area contributed by atoms with Gasteiger partial charge in [0.1, 0.15) is 42.7 Å². The van der Waals surface area contributed by atoms with Gasteiger partial charge in [-0.1, -0.05) is 173 Å². The van der Waals surface area contributed by atoms with Gasteiger partial charge in [0, 0.05) is 0 Å². The van der Waals surface area contributed by atoms with Crippen LogP contribution >= 0.6 is 0 Å². The average Bonchev–Trinajstić information content (AvgIpc) is 3.28. The molecule has 59 heavy (non-hydrogen) atoms. The standard InChI is InChI=1S/C21H26O5.2C9H12.C6H6O.2C4H8/c1-2-13-23-14-18(22)15-24-21(16-25-19-9-5-3-6-10-19)17-26-20-11-7-4-8-12-20;2*1-8(2)9-6-4-3-5-7-9;7-6-4-2-1-3-5-6;2*1-3-4-2/h2-12,18,21-22H,1,13-17H2;2*3-8H,1-2H3;1-5,7H;2*3-4H,1-2H3/b;;;;2*4-3+. The van der Waals surface area contributed by atoms with Crippen LogP contribution in [0.5, 0.6) is 17.2 Å². The number of aliphatic hydroxyl groups excluding tert-OH is 1. The quantitative estimate of drug-likeness (QED) is 0.0811. The zero-order valence-corrected chi connectivity index (χ0v) is 36.9. The predicted molar refractivity (Wildman–Crippen MR) is 251 cm³/mol. The minimum atomic E-state index is -0.717. The molecule has 5 aromatic carbocycles. The lowest BCUT2D eigenvalue weighted by molar-refractivity contribution is -0.0636. The van der Waals surface area contributed by atoms with Crippen LogP contribution < -0.4 is 9.47 Å². The maximum atomic E-state index is 9.93. The second-order valence-electron chi connectivity index (χ2n) is 13.5. The summed E-state index contributed by atoms with van der Waals surface area (Å²) in [6.07, 6.45) is 8.59. The average molecular weight is 805 g/mol. The second kappa shape index (κ2) is 38.1. The molecule has 0 aliphatic rings. The molecule has 0 aliphatic heterocycles. The van der Waals surface area contributed by atoms with Gasteiger partial charge >= 0.3 is 0 Å². The Hall–Kier alpha value is -5.40. The van der Waals surface area contributed by atoms with Gasteiger partial charge in [0.05, 0.1) is 19.8 Å². The Morgan fingerprint density at radius 2 is 0.831 bits per heavy atom. The molecular formula is C53H72O6. The van der Waals surface area contributed by atoms with Crippen LogP contribution in [0.4, 0.5) is 0 Å². The Labute approximate surface area is 357 Å². The van der Waals surface area contributed by atoms with Crippen molar-refractivity contribution < 1.29 is 29.2 Å². The van der Waals surface area contributed by atoms with Gasteiger partial charge < -0.3 is 29.2 Å². The fourth-order valence-electron chi connectivity index (χ4n) is 4.24.